The second kappa shape index (κ2) is 7.62. The monoisotopic (exact) mass is 420 g/mol. The first-order chi connectivity index (χ1) is 13.9. The molecule has 1 aliphatic carbocycles. The van der Waals surface area contributed by atoms with Crippen LogP contribution < -0.4 is 0 Å². The van der Waals surface area contributed by atoms with E-state index >= 15 is 0 Å². The topological polar surface area (TPSA) is 47.3 Å². The molecule has 3 aromatic heterocycles. The second-order valence-electron chi connectivity index (χ2n) is 7.25. The molecule has 0 aliphatic heterocycles. The Morgan fingerprint density at radius 1 is 1.07 bits per heavy atom. The third-order valence-corrected chi connectivity index (χ3v) is 6.71. The Labute approximate surface area is 178 Å². The molecule has 3 nitrogen and oxygen atoms in total. The van der Waals surface area contributed by atoms with Gasteiger partial charge in [0.25, 0.3) is 0 Å². The van der Waals surface area contributed by atoms with Crippen molar-refractivity contribution in [2.75, 3.05) is 0 Å². The van der Waals surface area contributed by atoms with Crippen molar-refractivity contribution in [3.05, 3.63) is 73.0 Å². The molecule has 3 heterocycles. The van der Waals surface area contributed by atoms with E-state index in [0.717, 1.165) is 27.8 Å². The number of furan rings is 1. The molecule has 3 aromatic rings. The van der Waals surface area contributed by atoms with Crippen LogP contribution in [0.25, 0.3) is 5.57 Å². The lowest BCUT2D eigenvalue weighted by Gasteiger charge is -2.29. The molecule has 0 saturated heterocycles. The van der Waals surface area contributed by atoms with Crippen molar-refractivity contribution in [3.63, 3.8) is 0 Å². The van der Waals surface area contributed by atoms with Crippen molar-refractivity contribution in [3.8, 4) is 11.8 Å². The van der Waals surface area contributed by atoms with Gasteiger partial charge in [-0.3, -0.25) is 9.59 Å². The summed E-state index contributed by atoms with van der Waals surface area (Å²) in [4.78, 5) is 25.3. The van der Waals surface area contributed by atoms with Crippen LogP contribution in [0.1, 0.15) is 65.3 Å². The van der Waals surface area contributed by atoms with Crippen LogP contribution in [0.5, 0.6) is 0 Å². The summed E-state index contributed by atoms with van der Waals surface area (Å²) in [5, 5.41) is 8.00. The Bertz CT molecular complexity index is 1180. The van der Waals surface area contributed by atoms with Gasteiger partial charge in [0.1, 0.15) is 17.3 Å². The number of hydrogen-bond donors (Lipinski definition) is 0. The summed E-state index contributed by atoms with van der Waals surface area (Å²) < 4.78 is 6.15. The number of rotatable bonds is 3. The van der Waals surface area contributed by atoms with Crippen molar-refractivity contribution >= 4 is 39.8 Å². The van der Waals surface area contributed by atoms with E-state index in [0.29, 0.717) is 17.1 Å². The van der Waals surface area contributed by atoms with E-state index in [4.69, 9.17) is 4.42 Å². The molecular formula is C24H20O3S2. The van der Waals surface area contributed by atoms with E-state index in [-0.39, 0.29) is 11.6 Å². The maximum absolute atomic E-state index is 12.8. The van der Waals surface area contributed by atoms with Gasteiger partial charge in [-0.15, -0.1) is 0 Å². The van der Waals surface area contributed by atoms with Gasteiger partial charge in [-0.25, -0.2) is 0 Å². The molecule has 0 unspecified atom stereocenters. The van der Waals surface area contributed by atoms with Crippen LogP contribution in [0.4, 0.5) is 0 Å². The van der Waals surface area contributed by atoms with Crippen molar-refractivity contribution in [1.82, 2.24) is 0 Å². The Morgan fingerprint density at radius 2 is 1.79 bits per heavy atom. The first kappa shape index (κ1) is 19.6. The minimum absolute atomic E-state index is 0.0406. The lowest BCUT2D eigenvalue weighted by molar-refractivity contribution is -0.119. The number of allylic oxidation sites excluding steroid dienone is 1. The van der Waals surface area contributed by atoms with E-state index in [1.165, 1.54) is 0 Å². The Balaban J connectivity index is 2.02. The molecule has 0 bridgehead atoms. The maximum Gasteiger partial charge on any atom is 0.163 e. The highest BCUT2D eigenvalue weighted by molar-refractivity contribution is 7.08. The van der Waals surface area contributed by atoms with Crippen LogP contribution in [0.3, 0.4) is 0 Å². The SMILES string of the molecule is CC(=O)c1c(C)oc2c1[C@@H](C#Cc1ccsc1)[C@H](C(C)=O)C(C)=C2c1ccsc1. The number of aryl methyl sites for hydroxylation is 1. The number of ketones is 2. The summed E-state index contributed by atoms with van der Waals surface area (Å²) in [6, 6.07) is 3.98. The Morgan fingerprint density at radius 3 is 2.38 bits per heavy atom. The van der Waals surface area contributed by atoms with E-state index in [1.54, 1.807) is 36.5 Å². The van der Waals surface area contributed by atoms with E-state index in [2.05, 4.69) is 11.8 Å². The van der Waals surface area contributed by atoms with Gasteiger partial charge < -0.3 is 4.42 Å². The van der Waals surface area contributed by atoms with E-state index < -0.39 is 11.8 Å². The van der Waals surface area contributed by atoms with Gasteiger partial charge in [-0.1, -0.05) is 11.8 Å². The number of carbonyl (C=O) groups excluding carboxylic acids is 2. The lowest BCUT2D eigenvalue weighted by atomic mass is 9.70. The Kier molecular flexibility index (Phi) is 5.16. The molecule has 29 heavy (non-hydrogen) atoms. The number of thiophene rings is 2. The molecule has 1 aliphatic rings. The molecule has 5 heteroatoms. The summed E-state index contributed by atoms with van der Waals surface area (Å²) in [7, 11) is 0. The highest BCUT2D eigenvalue weighted by Gasteiger charge is 2.41. The largest absolute Gasteiger partial charge is 0.460 e. The first-order valence-electron chi connectivity index (χ1n) is 9.32. The second-order valence-corrected chi connectivity index (χ2v) is 8.81. The zero-order valence-electron chi connectivity index (χ0n) is 16.7. The molecule has 146 valence electrons. The molecular weight excluding hydrogens is 400 g/mol. The maximum atomic E-state index is 12.8. The number of fused-ring (bicyclic) bond motifs is 1. The smallest absolute Gasteiger partial charge is 0.163 e. The summed E-state index contributed by atoms with van der Waals surface area (Å²) in [5.41, 5.74) is 5.07. The van der Waals surface area contributed by atoms with Gasteiger partial charge in [0.2, 0.25) is 0 Å². The molecule has 0 saturated carbocycles. The van der Waals surface area contributed by atoms with Gasteiger partial charge >= 0.3 is 0 Å². The number of hydrogen-bond acceptors (Lipinski definition) is 5. The molecule has 4 rings (SSSR count). The number of carbonyl (C=O) groups is 2. The first-order valence-corrected chi connectivity index (χ1v) is 11.2. The number of Topliss-reactive ketones (excluding diaryl/α,β-unsaturated/α-hetero) is 2. The minimum atomic E-state index is -0.418. The van der Waals surface area contributed by atoms with Gasteiger partial charge in [-0.05, 0) is 67.1 Å². The van der Waals surface area contributed by atoms with Crippen LogP contribution in [-0.4, -0.2) is 11.6 Å². The highest BCUT2D eigenvalue weighted by Crippen LogP contribution is 2.49. The minimum Gasteiger partial charge on any atom is -0.460 e. The molecule has 0 N–H and O–H groups in total. The average molecular weight is 421 g/mol. The zero-order valence-corrected chi connectivity index (χ0v) is 18.3. The molecule has 0 radical (unpaired) electrons. The molecule has 0 amide bonds. The van der Waals surface area contributed by atoms with Crippen molar-refractivity contribution in [2.24, 2.45) is 5.92 Å². The van der Waals surface area contributed by atoms with Crippen LogP contribution >= 0.6 is 22.7 Å². The summed E-state index contributed by atoms with van der Waals surface area (Å²) >= 11 is 3.17. The molecule has 0 fully saturated rings. The van der Waals surface area contributed by atoms with Crippen molar-refractivity contribution in [2.45, 2.75) is 33.6 Å². The van der Waals surface area contributed by atoms with Crippen LogP contribution in [0, 0.1) is 24.7 Å². The third-order valence-electron chi connectivity index (χ3n) is 5.35. The predicted molar refractivity (Wildman–Crippen MR) is 118 cm³/mol. The van der Waals surface area contributed by atoms with Gasteiger partial charge in [0, 0.05) is 22.1 Å². The molecule has 0 spiro atoms. The Hall–Kier alpha value is -2.68. The predicted octanol–water partition coefficient (Wildman–Crippen LogP) is 6.09. The fourth-order valence-electron chi connectivity index (χ4n) is 4.19. The van der Waals surface area contributed by atoms with Gasteiger partial charge in [-0.2, -0.15) is 22.7 Å². The summed E-state index contributed by atoms with van der Waals surface area (Å²) in [6.45, 7) is 6.93. The zero-order chi connectivity index (χ0) is 20.7. The fourth-order valence-corrected chi connectivity index (χ4v) is 5.43. The van der Waals surface area contributed by atoms with E-state index in [9.17, 15) is 9.59 Å². The van der Waals surface area contributed by atoms with E-state index in [1.807, 2.05) is 47.5 Å². The van der Waals surface area contributed by atoms with Crippen molar-refractivity contribution in [1.29, 1.82) is 0 Å². The van der Waals surface area contributed by atoms with Crippen molar-refractivity contribution < 1.29 is 14.0 Å². The quantitative estimate of drug-likeness (QED) is 0.380. The van der Waals surface area contributed by atoms with Gasteiger partial charge in [0.05, 0.1) is 17.4 Å². The lowest BCUT2D eigenvalue weighted by Crippen LogP contribution is -2.26. The van der Waals surface area contributed by atoms with Crippen LogP contribution in [0.2, 0.25) is 0 Å². The summed E-state index contributed by atoms with van der Waals surface area (Å²) in [6.07, 6.45) is 0. The molecule has 0 aromatic carbocycles. The normalized spacial score (nSPS) is 18.2. The standard InChI is InChI=1S/C24H20O3S2/c1-13-20(14(2)25)19(6-5-17-7-9-28-11-17)23-22(15(3)26)16(4)27-24(23)21(13)18-8-10-29-12-18/h7-12,19-20H,1-4H3/t19-,20-/m0/s1. The third kappa shape index (κ3) is 3.33. The fraction of sp³-hybridized carbons (Fsp3) is 0.250. The van der Waals surface area contributed by atoms with Gasteiger partial charge in [0.15, 0.2) is 5.78 Å². The average Bonchev–Trinajstić information content (AvgIpc) is 3.39. The summed E-state index contributed by atoms with van der Waals surface area (Å²) in [5.74, 6) is 6.90. The van der Waals surface area contributed by atoms with Crippen LogP contribution in [-0.2, 0) is 4.79 Å². The highest BCUT2D eigenvalue weighted by atomic mass is 32.1. The van der Waals surface area contributed by atoms with Crippen LogP contribution in [0.15, 0.2) is 43.6 Å². The molecule has 2 atom stereocenters.